The summed E-state index contributed by atoms with van der Waals surface area (Å²) in [6, 6.07) is 0.221. The van der Waals surface area contributed by atoms with Crippen LogP contribution in [0.5, 0.6) is 0 Å². The van der Waals surface area contributed by atoms with E-state index >= 15 is 0 Å². The van der Waals surface area contributed by atoms with Gasteiger partial charge in [0.25, 0.3) is 0 Å². The Balaban J connectivity index is 1.49. The first-order chi connectivity index (χ1) is 13.1. The van der Waals surface area contributed by atoms with Gasteiger partial charge in [-0.25, -0.2) is 15.0 Å². The van der Waals surface area contributed by atoms with E-state index in [-0.39, 0.29) is 18.2 Å². The molecule has 3 aliphatic heterocycles. The molecule has 27 heavy (non-hydrogen) atoms. The van der Waals surface area contributed by atoms with Crippen LogP contribution >= 0.6 is 0 Å². The zero-order valence-corrected chi connectivity index (χ0v) is 15.2. The van der Waals surface area contributed by atoms with Crippen molar-refractivity contribution in [2.24, 2.45) is 0 Å². The minimum absolute atomic E-state index is 0.221. The van der Waals surface area contributed by atoms with E-state index in [1.807, 2.05) is 18.4 Å². The Hall–Kier alpha value is -2.25. The highest BCUT2D eigenvalue weighted by atomic mass is 16.8. The van der Waals surface area contributed by atoms with Crippen molar-refractivity contribution in [1.29, 1.82) is 0 Å². The number of hydrogen-bond donors (Lipinski definition) is 1. The Kier molecular flexibility index (Phi) is 3.84. The number of fused-ring (bicyclic) bond motifs is 2. The molecule has 2 aromatic heterocycles. The summed E-state index contributed by atoms with van der Waals surface area (Å²) in [6.45, 7) is 5.15. The first-order valence-corrected chi connectivity index (χ1v) is 9.05. The number of anilines is 1. The van der Waals surface area contributed by atoms with E-state index in [4.69, 9.17) is 25.4 Å². The maximum Gasteiger partial charge on any atom is 0.167 e. The number of ether oxygens (including phenoxy) is 4. The minimum atomic E-state index is -0.715. The second kappa shape index (κ2) is 6.14. The molecule has 1 N–H and O–H groups in total. The van der Waals surface area contributed by atoms with Gasteiger partial charge in [-0.05, 0) is 20.3 Å². The van der Waals surface area contributed by atoms with Crippen molar-refractivity contribution in [3.63, 3.8) is 0 Å². The smallest absolute Gasteiger partial charge is 0.167 e. The molecule has 0 amide bonds. The highest BCUT2D eigenvalue weighted by molar-refractivity contribution is 5.82. The van der Waals surface area contributed by atoms with Crippen LogP contribution < -0.4 is 5.32 Å². The van der Waals surface area contributed by atoms with Gasteiger partial charge in [-0.2, -0.15) is 0 Å². The fourth-order valence-electron chi connectivity index (χ4n) is 3.92. The van der Waals surface area contributed by atoms with Gasteiger partial charge in [0.05, 0.1) is 19.0 Å². The lowest BCUT2D eigenvalue weighted by Crippen LogP contribution is -2.28. The van der Waals surface area contributed by atoms with Crippen molar-refractivity contribution < 1.29 is 18.9 Å². The fraction of sp³-hybridized carbons (Fsp3) is 0.611. The van der Waals surface area contributed by atoms with Gasteiger partial charge in [0.15, 0.2) is 29.0 Å². The van der Waals surface area contributed by atoms with Gasteiger partial charge in [0.1, 0.15) is 24.6 Å². The molecule has 5 heterocycles. The van der Waals surface area contributed by atoms with Crippen LogP contribution in [0.4, 0.5) is 5.82 Å². The van der Waals surface area contributed by atoms with Crippen molar-refractivity contribution in [1.82, 2.24) is 19.5 Å². The molecule has 0 bridgehead atoms. The van der Waals surface area contributed by atoms with Crippen LogP contribution in [-0.4, -0.2) is 62.9 Å². The van der Waals surface area contributed by atoms with Crippen molar-refractivity contribution >= 4 is 17.0 Å². The lowest BCUT2D eigenvalue weighted by atomic mass is 10.1. The molecule has 3 fully saturated rings. The minimum Gasteiger partial charge on any atom is -0.379 e. The molecule has 3 aliphatic rings. The quantitative estimate of drug-likeness (QED) is 0.802. The van der Waals surface area contributed by atoms with E-state index in [9.17, 15) is 0 Å². The molecule has 0 aliphatic carbocycles. The molecular formula is C18H21N5O4. The van der Waals surface area contributed by atoms with Gasteiger partial charge in [0, 0.05) is 6.61 Å². The number of aromatic nitrogens is 4. The van der Waals surface area contributed by atoms with Gasteiger partial charge < -0.3 is 24.3 Å². The molecule has 9 heteroatoms. The zero-order chi connectivity index (χ0) is 18.6. The first kappa shape index (κ1) is 16.9. The summed E-state index contributed by atoms with van der Waals surface area (Å²) in [5.41, 5.74) is 1.33. The maximum absolute atomic E-state index is 6.06. The molecule has 142 valence electrons. The zero-order valence-electron chi connectivity index (χ0n) is 15.2. The number of nitrogens with one attached hydrogen (secondary N) is 1. The number of nitrogens with zero attached hydrogens (tertiary/aromatic N) is 4. The van der Waals surface area contributed by atoms with Crippen LogP contribution in [-0.2, 0) is 18.9 Å². The van der Waals surface area contributed by atoms with E-state index in [2.05, 4.69) is 26.2 Å². The van der Waals surface area contributed by atoms with Crippen molar-refractivity contribution in [3.8, 4) is 12.3 Å². The summed E-state index contributed by atoms with van der Waals surface area (Å²) in [7, 11) is 0. The van der Waals surface area contributed by atoms with Crippen LogP contribution in [0.1, 0.15) is 26.5 Å². The fourth-order valence-corrected chi connectivity index (χ4v) is 3.92. The Morgan fingerprint density at radius 1 is 1.26 bits per heavy atom. The second-order valence-corrected chi connectivity index (χ2v) is 7.43. The van der Waals surface area contributed by atoms with E-state index in [1.54, 1.807) is 6.33 Å². The average molecular weight is 371 g/mol. The summed E-state index contributed by atoms with van der Waals surface area (Å²) in [5, 5.41) is 3.39. The normalized spacial score (nSPS) is 34.6. The standard InChI is InChI=1S/C18H21N5O4/c1-4-11-13-14(27-18(2,3)26-13)17(25-11)23-9-21-12-15(19-8-20-16(12)23)22-10-5-6-24-7-10/h1,8-11,13-14,17H,5-7H2,2-3H3,(H,19,20,22). The largest absolute Gasteiger partial charge is 0.379 e. The van der Waals surface area contributed by atoms with Crippen LogP contribution in [0.15, 0.2) is 12.7 Å². The third-order valence-electron chi connectivity index (χ3n) is 5.10. The third-order valence-corrected chi connectivity index (χ3v) is 5.10. The molecule has 2 aromatic rings. The lowest BCUT2D eigenvalue weighted by molar-refractivity contribution is -0.190. The predicted octanol–water partition coefficient (Wildman–Crippen LogP) is 1.08. The highest BCUT2D eigenvalue weighted by Gasteiger charge is 2.55. The van der Waals surface area contributed by atoms with Gasteiger partial charge in [-0.15, -0.1) is 6.42 Å². The maximum atomic E-state index is 6.06. The van der Waals surface area contributed by atoms with E-state index < -0.39 is 18.1 Å². The van der Waals surface area contributed by atoms with Crippen molar-refractivity contribution in [2.75, 3.05) is 18.5 Å². The molecular weight excluding hydrogens is 350 g/mol. The number of terminal acetylenes is 1. The number of imidazole rings is 1. The highest BCUT2D eigenvalue weighted by Crippen LogP contribution is 2.43. The molecule has 3 saturated heterocycles. The van der Waals surface area contributed by atoms with Crippen LogP contribution in [0.3, 0.4) is 0 Å². The molecule has 9 nitrogen and oxygen atoms in total. The van der Waals surface area contributed by atoms with Crippen molar-refractivity contribution in [3.05, 3.63) is 12.7 Å². The van der Waals surface area contributed by atoms with Crippen LogP contribution in [0.25, 0.3) is 11.2 Å². The van der Waals surface area contributed by atoms with E-state index in [0.29, 0.717) is 23.6 Å². The Bertz CT molecular complexity index is 901. The van der Waals surface area contributed by atoms with Gasteiger partial charge in [0.2, 0.25) is 0 Å². The SMILES string of the molecule is C#CC1OC(n2cnc3c(NC4CCOC4)ncnc32)C2OC(C)(C)OC12. The molecule has 5 atom stereocenters. The predicted molar refractivity (Wildman–Crippen MR) is 94.7 cm³/mol. The molecule has 0 radical (unpaired) electrons. The summed E-state index contributed by atoms with van der Waals surface area (Å²) < 4.78 is 25.3. The van der Waals surface area contributed by atoms with Gasteiger partial charge in [-0.3, -0.25) is 4.57 Å². The second-order valence-electron chi connectivity index (χ2n) is 7.43. The van der Waals surface area contributed by atoms with E-state index in [0.717, 1.165) is 13.0 Å². The number of hydrogen-bond acceptors (Lipinski definition) is 8. The summed E-state index contributed by atoms with van der Waals surface area (Å²) in [4.78, 5) is 13.3. The topological polar surface area (TPSA) is 92.6 Å². The molecule has 5 unspecified atom stereocenters. The van der Waals surface area contributed by atoms with E-state index in [1.165, 1.54) is 6.33 Å². The monoisotopic (exact) mass is 371 g/mol. The Morgan fingerprint density at radius 3 is 2.89 bits per heavy atom. The lowest BCUT2D eigenvalue weighted by Gasteiger charge is -2.23. The number of rotatable bonds is 3. The summed E-state index contributed by atoms with van der Waals surface area (Å²) >= 11 is 0. The van der Waals surface area contributed by atoms with Crippen LogP contribution in [0, 0.1) is 12.3 Å². The molecule has 0 saturated carbocycles. The molecule has 5 rings (SSSR count). The van der Waals surface area contributed by atoms with Gasteiger partial charge >= 0.3 is 0 Å². The first-order valence-electron chi connectivity index (χ1n) is 9.05. The Labute approximate surface area is 156 Å². The Morgan fingerprint density at radius 2 is 2.11 bits per heavy atom. The summed E-state index contributed by atoms with van der Waals surface area (Å²) in [5.74, 6) is 2.62. The van der Waals surface area contributed by atoms with Crippen LogP contribution in [0.2, 0.25) is 0 Å². The van der Waals surface area contributed by atoms with Gasteiger partial charge in [-0.1, -0.05) is 5.92 Å². The molecule has 0 aromatic carbocycles. The molecule has 0 spiro atoms. The summed E-state index contributed by atoms with van der Waals surface area (Å²) in [6.07, 6.45) is 8.14. The van der Waals surface area contributed by atoms with Crippen molar-refractivity contribution in [2.45, 2.75) is 56.6 Å². The third kappa shape index (κ3) is 2.76. The average Bonchev–Trinajstić information content (AvgIpc) is 3.38.